The summed E-state index contributed by atoms with van der Waals surface area (Å²) >= 11 is 0. The van der Waals surface area contributed by atoms with Crippen LogP contribution in [0.5, 0.6) is 0 Å². The van der Waals surface area contributed by atoms with Gasteiger partial charge in [0.05, 0.1) is 0 Å². The molecule has 0 radical (unpaired) electrons. The molecule has 1 aromatic carbocycles. The Bertz CT molecular complexity index is 293. The molecule has 0 N–H and O–H groups in total. The summed E-state index contributed by atoms with van der Waals surface area (Å²) < 4.78 is 0. The van der Waals surface area contributed by atoms with Gasteiger partial charge in [-0.1, -0.05) is 36.9 Å². The minimum Gasteiger partial charge on any atom is -0.290 e. The number of nitrogens with zero attached hydrogens (tertiary/aromatic N) is 1. The number of rotatable bonds is 3. The Labute approximate surface area is 79.8 Å². The Morgan fingerprint density at radius 1 is 1.15 bits per heavy atom. The third-order valence-corrected chi connectivity index (χ3v) is 1.69. The van der Waals surface area contributed by atoms with Crippen LogP contribution in [0.25, 0.3) is 6.08 Å². The number of benzene rings is 1. The zero-order chi connectivity index (χ0) is 9.68. The van der Waals surface area contributed by atoms with Crippen molar-refractivity contribution in [1.82, 2.24) is 0 Å². The number of hydrogen-bond acceptors (Lipinski definition) is 1. The minimum absolute atomic E-state index is 0.360. The van der Waals surface area contributed by atoms with Crippen LogP contribution in [0, 0.1) is 0 Å². The van der Waals surface area contributed by atoms with Crippen LogP contribution in [0.15, 0.2) is 35.8 Å². The summed E-state index contributed by atoms with van der Waals surface area (Å²) in [5, 5.41) is 0. The highest BCUT2D eigenvalue weighted by molar-refractivity contribution is 5.80. The summed E-state index contributed by atoms with van der Waals surface area (Å²) in [7, 11) is 0. The van der Waals surface area contributed by atoms with E-state index in [1.165, 1.54) is 0 Å². The quantitative estimate of drug-likeness (QED) is 0.623. The molecule has 1 aromatic rings. The molecule has 0 aliphatic carbocycles. The maximum atomic E-state index is 4.30. The van der Waals surface area contributed by atoms with Crippen LogP contribution in [0.2, 0.25) is 0 Å². The van der Waals surface area contributed by atoms with Gasteiger partial charge in [-0.15, -0.1) is 0 Å². The SMILES string of the molecule is C=Cc1ccc(C=NC(C)C)cc1. The predicted molar refractivity (Wildman–Crippen MR) is 59.3 cm³/mol. The van der Waals surface area contributed by atoms with E-state index in [1.807, 2.05) is 36.6 Å². The van der Waals surface area contributed by atoms with Crippen molar-refractivity contribution in [2.24, 2.45) is 4.99 Å². The average Bonchev–Trinajstić information content (AvgIpc) is 2.15. The van der Waals surface area contributed by atoms with Gasteiger partial charge >= 0.3 is 0 Å². The van der Waals surface area contributed by atoms with Crippen molar-refractivity contribution >= 4 is 12.3 Å². The third kappa shape index (κ3) is 3.24. The molecule has 68 valence electrons. The lowest BCUT2D eigenvalue weighted by Gasteiger charge is -1.96. The Hall–Kier alpha value is -1.37. The van der Waals surface area contributed by atoms with Crippen LogP contribution in [-0.4, -0.2) is 12.3 Å². The second-order valence-electron chi connectivity index (χ2n) is 3.24. The molecular formula is C12H15N. The molecular weight excluding hydrogens is 158 g/mol. The molecule has 0 saturated carbocycles. The van der Waals surface area contributed by atoms with Gasteiger partial charge in [-0.05, 0) is 25.0 Å². The first kappa shape index (κ1) is 9.72. The molecule has 0 unspecified atom stereocenters. The lowest BCUT2D eigenvalue weighted by atomic mass is 10.1. The second-order valence-corrected chi connectivity index (χ2v) is 3.24. The highest BCUT2D eigenvalue weighted by atomic mass is 14.7. The van der Waals surface area contributed by atoms with E-state index >= 15 is 0 Å². The second kappa shape index (κ2) is 4.61. The predicted octanol–water partition coefficient (Wildman–Crippen LogP) is 3.16. The first-order valence-electron chi connectivity index (χ1n) is 4.48. The summed E-state index contributed by atoms with van der Waals surface area (Å²) in [6.45, 7) is 7.83. The summed E-state index contributed by atoms with van der Waals surface area (Å²) in [6, 6.07) is 8.52. The molecule has 0 aliphatic rings. The van der Waals surface area contributed by atoms with Crippen molar-refractivity contribution in [2.75, 3.05) is 0 Å². The van der Waals surface area contributed by atoms with E-state index in [0.29, 0.717) is 6.04 Å². The molecule has 0 atom stereocenters. The van der Waals surface area contributed by atoms with Gasteiger partial charge in [-0.3, -0.25) is 4.99 Å². The van der Waals surface area contributed by atoms with Crippen molar-refractivity contribution in [3.63, 3.8) is 0 Å². The van der Waals surface area contributed by atoms with E-state index < -0.39 is 0 Å². The van der Waals surface area contributed by atoms with Gasteiger partial charge in [0, 0.05) is 12.3 Å². The van der Waals surface area contributed by atoms with Gasteiger partial charge < -0.3 is 0 Å². The van der Waals surface area contributed by atoms with Crippen LogP contribution >= 0.6 is 0 Å². The molecule has 0 heterocycles. The molecule has 0 aliphatic heterocycles. The number of aliphatic imine (C=N–C) groups is 1. The van der Waals surface area contributed by atoms with E-state index in [0.717, 1.165) is 11.1 Å². The van der Waals surface area contributed by atoms with E-state index in [-0.39, 0.29) is 0 Å². The van der Waals surface area contributed by atoms with E-state index in [1.54, 1.807) is 0 Å². The average molecular weight is 173 g/mol. The topological polar surface area (TPSA) is 12.4 Å². The van der Waals surface area contributed by atoms with Crippen molar-refractivity contribution < 1.29 is 0 Å². The van der Waals surface area contributed by atoms with Gasteiger partial charge in [0.1, 0.15) is 0 Å². The summed E-state index contributed by atoms with van der Waals surface area (Å²) in [4.78, 5) is 4.30. The lowest BCUT2D eigenvalue weighted by molar-refractivity contribution is 0.841. The van der Waals surface area contributed by atoms with E-state index in [2.05, 4.69) is 25.4 Å². The molecule has 0 saturated heterocycles. The van der Waals surface area contributed by atoms with Gasteiger partial charge in [0.2, 0.25) is 0 Å². The van der Waals surface area contributed by atoms with Crippen molar-refractivity contribution in [1.29, 1.82) is 0 Å². The fourth-order valence-electron chi connectivity index (χ4n) is 0.953. The molecule has 0 amide bonds. The maximum Gasteiger partial charge on any atom is 0.0443 e. The van der Waals surface area contributed by atoms with Crippen molar-refractivity contribution in [3.05, 3.63) is 42.0 Å². The Morgan fingerprint density at radius 3 is 2.15 bits per heavy atom. The van der Waals surface area contributed by atoms with Crippen molar-refractivity contribution in [3.8, 4) is 0 Å². The van der Waals surface area contributed by atoms with Gasteiger partial charge in [-0.2, -0.15) is 0 Å². The minimum atomic E-state index is 0.360. The maximum absolute atomic E-state index is 4.30. The smallest absolute Gasteiger partial charge is 0.0443 e. The fourth-order valence-corrected chi connectivity index (χ4v) is 0.953. The Balaban J connectivity index is 2.75. The van der Waals surface area contributed by atoms with E-state index in [9.17, 15) is 0 Å². The largest absolute Gasteiger partial charge is 0.290 e. The molecule has 13 heavy (non-hydrogen) atoms. The molecule has 0 spiro atoms. The van der Waals surface area contributed by atoms with Crippen LogP contribution in [-0.2, 0) is 0 Å². The summed E-state index contributed by atoms with van der Waals surface area (Å²) in [6.07, 6.45) is 3.74. The number of hydrogen-bond donors (Lipinski definition) is 0. The lowest BCUT2D eigenvalue weighted by Crippen LogP contribution is -1.90. The Kier molecular flexibility index (Phi) is 3.44. The Morgan fingerprint density at radius 2 is 1.69 bits per heavy atom. The summed E-state index contributed by atoms with van der Waals surface area (Å²) in [5.41, 5.74) is 2.28. The first-order chi connectivity index (χ1) is 6.22. The molecule has 1 heteroatoms. The zero-order valence-electron chi connectivity index (χ0n) is 8.20. The third-order valence-electron chi connectivity index (χ3n) is 1.69. The molecule has 0 bridgehead atoms. The fraction of sp³-hybridized carbons (Fsp3) is 0.250. The van der Waals surface area contributed by atoms with Crippen LogP contribution < -0.4 is 0 Å². The molecule has 1 nitrogen and oxygen atoms in total. The zero-order valence-corrected chi connectivity index (χ0v) is 8.20. The normalized spacial score (nSPS) is 11.0. The highest BCUT2D eigenvalue weighted by Gasteiger charge is 1.89. The standard InChI is InChI=1S/C12H15N/c1-4-11-5-7-12(8-6-11)9-13-10(2)3/h4-10H,1H2,2-3H3. The molecule has 1 rings (SSSR count). The van der Waals surface area contributed by atoms with E-state index in [4.69, 9.17) is 0 Å². The molecule has 0 fully saturated rings. The summed E-state index contributed by atoms with van der Waals surface area (Å²) in [5.74, 6) is 0. The highest BCUT2D eigenvalue weighted by Crippen LogP contribution is 2.03. The first-order valence-corrected chi connectivity index (χ1v) is 4.48. The van der Waals surface area contributed by atoms with Crippen molar-refractivity contribution in [2.45, 2.75) is 19.9 Å². The van der Waals surface area contributed by atoms with Gasteiger partial charge in [-0.25, -0.2) is 0 Å². The van der Waals surface area contributed by atoms with Gasteiger partial charge in [0.15, 0.2) is 0 Å². The van der Waals surface area contributed by atoms with Gasteiger partial charge in [0.25, 0.3) is 0 Å². The van der Waals surface area contributed by atoms with Crippen LogP contribution in [0.4, 0.5) is 0 Å². The van der Waals surface area contributed by atoms with Crippen LogP contribution in [0.3, 0.4) is 0 Å². The van der Waals surface area contributed by atoms with Crippen LogP contribution in [0.1, 0.15) is 25.0 Å². The molecule has 0 aromatic heterocycles. The monoisotopic (exact) mass is 173 g/mol.